The Bertz CT molecular complexity index is 540. The van der Waals surface area contributed by atoms with E-state index < -0.39 is 0 Å². The second kappa shape index (κ2) is 6.05. The van der Waals surface area contributed by atoms with E-state index in [1.807, 2.05) is 13.0 Å². The zero-order chi connectivity index (χ0) is 14.7. The number of nitrogens with two attached hydrogens (primary N) is 1. The fraction of sp³-hybridized carbons (Fsp3) is 0.467. The summed E-state index contributed by atoms with van der Waals surface area (Å²) in [5, 5.41) is 0. The van der Waals surface area contributed by atoms with Gasteiger partial charge in [-0.15, -0.1) is 0 Å². The van der Waals surface area contributed by atoms with Crippen LogP contribution >= 0.6 is 0 Å². The molecule has 1 aromatic rings. The molecule has 3 N–H and O–H groups in total. The standard InChI is InChI=1S/C15H21N3O2/c1-10-7-12-5-3-4-6-15(20)18(9-14(19)17-16)13(12)8-11(10)2/h7-8H,3-6,9,16H2,1-2H3,(H,17,19). The van der Waals surface area contributed by atoms with E-state index in [0.29, 0.717) is 6.42 Å². The van der Waals surface area contributed by atoms with Crippen molar-refractivity contribution in [2.24, 2.45) is 5.84 Å². The number of benzene rings is 1. The molecule has 2 amide bonds. The first kappa shape index (κ1) is 14.5. The van der Waals surface area contributed by atoms with Crippen LogP contribution in [0.3, 0.4) is 0 Å². The van der Waals surface area contributed by atoms with Crippen LogP contribution in [0.2, 0.25) is 0 Å². The maximum atomic E-state index is 12.3. The molecule has 1 aliphatic rings. The lowest BCUT2D eigenvalue weighted by molar-refractivity contribution is -0.124. The van der Waals surface area contributed by atoms with Crippen molar-refractivity contribution in [3.8, 4) is 0 Å². The minimum atomic E-state index is -0.358. The van der Waals surface area contributed by atoms with Crippen molar-refractivity contribution in [1.29, 1.82) is 0 Å². The quantitative estimate of drug-likeness (QED) is 0.486. The summed E-state index contributed by atoms with van der Waals surface area (Å²) in [6.07, 6.45) is 3.26. The van der Waals surface area contributed by atoms with Gasteiger partial charge in [-0.3, -0.25) is 15.0 Å². The van der Waals surface area contributed by atoms with Crippen molar-refractivity contribution in [2.45, 2.75) is 39.5 Å². The number of carbonyl (C=O) groups excluding carboxylic acids is 2. The van der Waals surface area contributed by atoms with Gasteiger partial charge in [0.1, 0.15) is 6.54 Å². The summed E-state index contributed by atoms with van der Waals surface area (Å²) < 4.78 is 0. The zero-order valence-corrected chi connectivity index (χ0v) is 12.0. The molecule has 1 aliphatic heterocycles. The summed E-state index contributed by atoms with van der Waals surface area (Å²) in [6.45, 7) is 4.05. The molecule has 0 bridgehead atoms. The van der Waals surface area contributed by atoms with Crippen LogP contribution in [-0.2, 0) is 16.0 Å². The molecular formula is C15H21N3O2. The highest BCUT2D eigenvalue weighted by molar-refractivity contribution is 5.99. The highest BCUT2D eigenvalue weighted by atomic mass is 16.2. The van der Waals surface area contributed by atoms with Crippen molar-refractivity contribution >= 4 is 17.5 Å². The molecule has 0 radical (unpaired) electrons. The molecule has 0 fully saturated rings. The number of hydrazine groups is 1. The SMILES string of the molecule is Cc1cc2c(cc1C)N(CC(=O)NN)C(=O)CCCC2. The van der Waals surface area contributed by atoms with Gasteiger partial charge in [0.15, 0.2) is 0 Å². The van der Waals surface area contributed by atoms with Crippen LogP contribution in [0.25, 0.3) is 0 Å². The molecule has 2 rings (SSSR count). The number of fused-ring (bicyclic) bond motifs is 1. The van der Waals surface area contributed by atoms with Gasteiger partial charge in [0, 0.05) is 12.1 Å². The second-order valence-electron chi connectivity index (χ2n) is 5.32. The monoisotopic (exact) mass is 275 g/mol. The highest BCUT2D eigenvalue weighted by Gasteiger charge is 2.23. The summed E-state index contributed by atoms with van der Waals surface area (Å²) in [5.74, 6) is 4.77. The number of rotatable bonds is 2. The first-order valence-electron chi connectivity index (χ1n) is 6.93. The lowest BCUT2D eigenvalue weighted by atomic mass is 9.96. The van der Waals surface area contributed by atoms with Crippen molar-refractivity contribution in [3.05, 3.63) is 28.8 Å². The number of aryl methyl sites for hydroxylation is 3. The molecule has 20 heavy (non-hydrogen) atoms. The predicted molar refractivity (Wildman–Crippen MR) is 78.2 cm³/mol. The lowest BCUT2D eigenvalue weighted by Crippen LogP contribution is -2.44. The first-order chi connectivity index (χ1) is 9.52. The average Bonchev–Trinajstić information content (AvgIpc) is 2.42. The lowest BCUT2D eigenvalue weighted by Gasteiger charge is -2.27. The van der Waals surface area contributed by atoms with Crippen LogP contribution in [0.4, 0.5) is 5.69 Å². The smallest absolute Gasteiger partial charge is 0.253 e. The number of amides is 2. The normalized spacial score (nSPS) is 15.3. The molecule has 108 valence electrons. The fourth-order valence-corrected chi connectivity index (χ4v) is 2.54. The predicted octanol–water partition coefficient (Wildman–Crippen LogP) is 1.35. The average molecular weight is 275 g/mol. The topological polar surface area (TPSA) is 75.4 Å². The van der Waals surface area contributed by atoms with Crippen molar-refractivity contribution < 1.29 is 9.59 Å². The van der Waals surface area contributed by atoms with Crippen molar-refractivity contribution in [1.82, 2.24) is 5.43 Å². The molecule has 5 nitrogen and oxygen atoms in total. The van der Waals surface area contributed by atoms with Crippen LogP contribution in [-0.4, -0.2) is 18.4 Å². The Hall–Kier alpha value is -1.88. The minimum absolute atomic E-state index is 0.0159. The Kier molecular flexibility index (Phi) is 4.39. The number of hydrogen-bond donors (Lipinski definition) is 2. The second-order valence-corrected chi connectivity index (χ2v) is 5.32. The van der Waals surface area contributed by atoms with E-state index >= 15 is 0 Å². The van der Waals surface area contributed by atoms with Gasteiger partial charge in [0.2, 0.25) is 5.91 Å². The molecule has 0 atom stereocenters. The Morgan fingerprint density at radius 1 is 1.25 bits per heavy atom. The zero-order valence-electron chi connectivity index (χ0n) is 12.0. The highest BCUT2D eigenvalue weighted by Crippen LogP contribution is 2.29. The number of carbonyl (C=O) groups is 2. The molecule has 1 heterocycles. The summed E-state index contributed by atoms with van der Waals surface area (Å²) in [6, 6.07) is 4.12. The Morgan fingerprint density at radius 3 is 2.60 bits per heavy atom. The molecule has 0 saturated carbocycles. The van der Waals surface area contributed by atoms with E-state index in [2.05, 4.69) is 18.4 Å². The Balaban J connectivity index is 2.45. The van der Waals surface area contributed by atoms with Gasteiger partial charge in [0.05, 0.1) is 0 Å². The third-order valence-electron chi connectivity index (χ3n) is 3.84. The van der Waals surface area contributed by atoms with E-state index in [0.717, 1.165) is 36.1 Å². The van der Waals surface area contributed by atoms with E-state index in [9.17, 15) is 9.59 Å². The van der Waals surface area contributed by atoms with Crippen LogP contribution in [0, 0.1) is 13.8 Å². The van der Waals surface area contributed by atoms with Crippen LogP contribution < -0.4 is 16.2 Å². The summed E-state index contributed by atoms with van der Waals surface area (Å²) >= 11 is 0. The third kappa shape index (κ3) is 2.99. The summed E-state index contributed by atoms with van der Waals surface area (Å²) in [4.78, 5) is 25.4. The number of nitrogens with one attached hydrogen (secondary N) is 1. The van der Waals surface area contributed by atoms with Gasteiger partial charge in [-0.2, -0.15) is 0 Å². The molecule has 0 saturated heterocycles. The Labute approximate surface area is 119 Å². The number of nitrogens with zero attached hydrogens (tertiary/aromatic N) is 1. The molecule has 5 heteroatoms. The van der Waals surface area contributed by atoms with Gasteiger partial charge in [0.25, 0.3) is 5.91 Å². The molecule has 0 spiro atoms. The van der Waals surface area contributed by atoms with Crippen LogP contribution in [0.1, 0.15) is 36.0 Å². The number of anilines is 1. The maximum Gasteiger partial charge on any atom is 0.253 e. The molecule has 0 unspecified atom stereocenters. The van der Waals surface area contributed by atoms with E-state index in [4.69, 9.17) is 5.84 Å². The van der Waals surface area contributed by atoms with E-state index in [1.165, 1.54) is 5.56 Å². The van der Waals surface area contributed by atoms with Crippen molar-refractivity contribution in [2.75, 3.05) is 11.4 Å². The van der Waals surface area contributed by atoms with Crippen molar-refractivity contribution in [3.63, 3.8) is 0 Å². The first-order valence-corrected chi connectivity index (χ1v) is 6.93. The summed E-state index contributed by atoms with van der Waals surface area (Å²) in [5.41, 5.74) is 6.40. The Morgan fingerprint density at radius 2 is 1.90 bits per heavy atom. The molecular weight excluding hydrogens is 254 g/mol. The van der Waals surface area contributed by atoms with Gasteiger partial charge in [-0.25, -0.2) is 5.84 Å². The largest absolute Gasteiger partial charge is 0.303 e. The molecule has 0 aromatic heterocycles. The van der Waals surface area contributed by atoms with Gasteiger partial charge in [-0.1, -0.05) is 6.07 Å². The maximum absolute atomic E-state index is 12.3. The van der Waals surface area contributed by atoms with E-state index in [-0.39, 0.29) is 18.4 Å². The summed E-state index contributed by atoms with van der Waals surface area (Å²) in [7, 11) is 0. The third-order valence-corrected chi connectivity index (χ3v) is 3.84. The van der Waals surface area contributed by atoms with E-state index in [1.54, 1.807) is 4.90 Å². The van der Waals surface area contributed by atoms with Crippen LogP contribution in [0.5, 0.6) is 0 Å². The molecule has 0 aliphatic carbocycles. The molecule has 1 aromatic carbocycles. The fourth-order valence-electron chi connectivity index (χ4n) is 2.54. The number of hydrogen-bond acceptors (Lipinski definition) is 3. The van der Waals surface area contributed by atoms with Crippen LogP contribution in [0.15, 0.2) is 12.1 Å². The van der Waals surface area contributed by atoms with Gasteiger partial charge >= 0.3 is 0 Å². The van der Waals surface area contributed by atoms with Gasteiger partial charge in [-0.05, 0) is 55.9 Å². The minimum Gasteiger partial charge on any atom is -0.303 e. The van der Waals surface area contributed by atoms with Gasteiger partial charge < -0.3 is 4.90 Å².